The number of carbonyl (C=O) groups excluding carboxylic acids is 1. The number of urea groups is 1. The Hall–Kier alpha value is -0.860. The highest BCUT2D eigenvalue weighted by molar-refractivity contribution is 7.88. The van der Waals surface area contributed by atoms with Crippen molar-refractivity contribution in [1.29, 1.82) is 0 Å². The Morgan fingerprint density at radius 1 is 1.12 bits per heavy atom. The first kappa shape index (κ1) is 22.2. The molecule has 0 bridgehead atoms. The van der Waals surface area contributed by atoms with Crippen LogP contribution in [0.1, 0.15) is 40.5 Å². The highest BCUT2D eigenvalue weighted by atomic mass is 32.2. The molecule has 1 heterocycles. The van der Waals surface area contributed by atoms with E-state index in [9.17, 15) is 13.2 Å². The third kappa shape index (κ3) is 7.50. The molecule has 7 nitrogen and oxygen atoms in total. The lowest BCUT2D eigenvalue weighted by atomic mass is 10.0. The molecule has 1 aliphatic rings. The minimum Gasteiger partial charge on any atom is -0.336 e. The molecule has 0 aromatic rings. The number of carbonyl (C=O) groups is 1. The quantitative estimate of drug-likeness (QED) is 0.695. The van der Waals surface area contributed by atoms with Crippen molar-refractivity contribution in [3.8, 4) is 0 Å². The van der Waals surface area contributed by atoms with Gasteiger partial charge in [0.05, 0.1) is 6.26 Å². The lowest BCUT2D eigenvalue weighted by Crippen LogP contribution is -2.49. The van der Waals surface area contributed by atoms with Crippen LogP contribution in [0, 0.1) is 5.92 Å². The van der Waals surface area contributed by atoms with Crippen LogP contribution in [0.3, 0.4) is 0 Å². The Kier molecular flexibility index (Phi) is 9.16. The van der Waals surface area contributed by atoms with Crippen molar-refractivity contribution >= 4 is 16.1 Å². The second-order valence-corrected chi connectivity index (χ2v) is 9.18. The second-order valence-electron chi connectivity index (χ2n) is 7.19. The van der Waals surface area contributed by atoms with Crippen LogP contribution in [-0.4, -0.2) is 86.7 Å². The van der Waals surface area contributed by atoms with Gasteiger partial charge in [0.1, 0.15) is 0 Å². The monoisotopic (exact) mass is 376 g/mol. The van der Waals surface area contributed by atoms with Crippen molar-refractivity contribution < 1.29 is 13.2 Å². The van der Waals surface area contributed by atoms with E-state index in [4.69, 9.17) is 0 Å². The van der Waals surface area contributed by atoms with Gasteiger partial charge in [0, 0.05) is 38.8 Å². The van der Waals surface area contributed by atoms with Gasteiger partial charge in [-0.3, -0.25) is 4.90 Å². The largest absolute Gasteiger partial charge is 0.336 e. The smallest absolute Gasteiger partial charge is 0.317 e. The SMILES string of the molecule is CCN(CC)C(CNC(=O)N1CCCN(S(C)(=O)=O)CC1)CC(C)C. The van der Waals surface area contributed by atoms with Crippen molar-refractivity contribution in [2.24, 2.45) is 5.92 Å². The number of hydrogen-bond donors (Lipinski definition) is 1. The van der Waals surface area contributed by atoms with Gasteiger partial charge in [-0.15, -0.1) is 0 Å². The van der Waals surface area contributed by atoms with Gasteiger partial charge in [-0.2, -0.15) is 0 Å². The summed E-state index contributed by atoms with van der Waals surface area (Å²) in [4.78, 5) is 16.6. The second kappa shape index (κ2) is 10.3. The zero-order valence-corrected chi connectivity index (χ0v) is 17.3. The van der Waals surface area contributed by atoms with Gasteiger partial charge >= 0.3 is 6.03 Å². The summed E-state index contributed by atoms with van der Waals surface area (Å²) in [6.45, 7) is 13.2. The molecule has 8 heteroatoms. The molecule has 1 atom stereocenters. The molecule has 1 rings (SSSR count). The van der Waals surface area contributed by atoms with Gasteiger partial charge in [0.15, 0.2) is 0 Å². The first-order valence-corrected chi connectivity index (χ1v) is 11.3. The summed E-state index contributed by atoms with van der Waals surface area (Å²) in [5.41, 5.74) is 0. The lowest BCUT2D eigenvalue weighted by molar-refractivity contribution is 0.172. The first-order valence-electron chi connectivity index (χ1n) is 9.40. The van der Waals surface area contributed by atoms with Crippen LogP contribution in [0.4, 0.5) is 4.79 Å². The maximum atomic E-state index is 12.5. The lowest BCUT2D eigenvalue weighted by Gasteiger charge is -2.32. The molecule has 1 saturated heterocycles. The highest BCUT2D eigenvalue weighted by Gasteiger charge is 2.25. The number of hydrogen-bond acceptors (Lipinski definition) is 4. The predicted octanol–water partition coefficient (Wildman–Crippen LogP) is 1.42. The molecule has 1 fully saturated rings. The Bertz CT molecular complexity index is 506. The summed E-state index contributed by atoms with van der Waals surface area (Å²) < 4.78 is 24.8. The van der Waals surface area contributed by atoms with Crippen LogP contribution in [0.15, 0.2) is 0 Å². The summed E-state index contributed by atoms with van der Waals surface area (Å²) in [5.74, 6) is 0.573. The van der Waals surface area contributed by atoms with E-state index in [1.807, 2.05) is 0 Å². The third-order valence-electron chi connectivity index (χ3n) is 4.77. The molecule has 0 radical (unpaired) electrons. The van der Waals surface area contributed by atoms with E-state index < -0.39 is 10.0 Å². The number of rotatable bonds is 8. The molecule has 1 N–H and O–H groups in total. The van der Waals surface area contributed by atoms with E-state index in [1.165, 1.54) is 10.6 Å². The molecule has 0 saturated carbocycles. The van der Waals surface area contributed by atoms with Crippen LogP contribution in [0.2, 0.25) is 0 Å². The van der Waals surface area contributed by atoms with Crippen molar-refractivity contribution in [1.82, 2.24) is 19.4 Å². The van der Waals surface area contributed by atoms with Crippen molar-refractivity contribution in [2.45, 2.75) is 46.6 Å². The zero-order chi connectivity index (χ0) is 19.0. The number of nitrogens with one attached hydrogen (secondary N) is 1. The van der Waals surface area contributed by atoms with Gasteiger partial charge in [-0.05, 0) is 31.8 Å². The van der Waals surface area contributed by atoms with Gasteiger partial charge in [0.25, 0.3) is 0 Å². The van der Waals surface area contributed by atoms with Crippen LogP contribution < -0.4 is 5.32 Å². The molecule has 0 spiro atoms. The maximum Gasteiger partial charge on any atom is 0.317 e. The minimum atomic E-state index is -3.19. The van der Waals surface area contributed by atoms with Crippen LogP contribution in [0.5, 0.6) is 0 Å². The number of nitrogens with zero attached hydrogens (tertiary/aromatic N) is 3. The summed E-state index contributed by atoms with van der Waals surface area (Å²) in [5, 5.41) is 3.07. The number of likely N-dealkylation sites (N-methyl/N-ethyl adjacent to an activating group) is 1. The van der Waals surface area contributed by atoms with E-state index >= 15 is 0 Å². The van der Waals surface area contributed by atoms with Crippen LogP contribution >= 0.6 is 0 Å². The Balaban J connectivity index is 2.58. The van der Waals surface area contributed by atoms with Crippen molar-refractivity contribution in [3.05, 3.63) is 0 Å². The molecule has 0 aromatic heterocycles. The normalized spacial score (nSPS) is 18.4. The van der Waals surface area contributed by atoms with E-state index in [-0.39, 0.29) is 6.03 Å². The predicted molar refractivity (Wildman–Crippen MR) is 102 cm³/mol. The molecule has 1 aliphatic heterocycles. The molecule has 0 aromatic carbocycles. The average Bonchev–Trinajstić information content (AvgIpc) is 2.78. The third-order valence-corrected chi connectivity index (χ3v) is 6.08. The maximum absolute atomic E-state index is 12.5. The molecule has 2 amide bonds. The topological polar surface area (TPSA) is 73.0 Å². The van der Waals surface area contributed by atoms with Crippen molar-refractivity contribution in [2.75, 3.05) is 52.1 Å². The minimum absolute atomic E-state index is 0.0868. The zero-order valence-electron chi connectivity index (χ0n) is 16.5. The first-order chi connectivity index (χ1) is 11.7. The molecule has 0 aliphatic carbocycles. The summed E-state index contributed by atoms with van der Waals surface area (Å²) >= 11 is 0. The molecule has 25 heavy (non-hydrogen) atoms. The summed E-state index contributed by atoms with van der Waals surface area (Å²) in [7, 11) is -3.19. The highest BCUT2D eigenvalue weighted by Crippen LogP contribution is 2.12. The van der Waals surface area contributed by atoms with E-state index in [0.29, 0.717) is 51.1 Å². The standard InChI is InChI=1S/C17H36N4O3S/c1-6-19(7-2)16(13-15(3)4)14-18-17(22)20-9-8-10-21(12-11-20)25(5,23)24/h15-16H,6-14H2,1-5H3,(H,18,22). The van der Waals surface area contributed by atoms with Crippen molar-refractivity contribution in [3.63, 3.8) is 0 Å². The fraction of sp³-hybridized carbons (Fsp3) is 0.941. The Morgan fingerprint density at radius 3 is 2.28 bits per heavy atom. The molecule has 148 valence electrons. The van der Waals surface area contributed by atoms with Gasteiger partial charge in [-0.25, -0.2) is 17.5 Å². The number of amides is 2. The molecular formula is C17H36N4O3S. The van der Waals surface area contributed by atoms with Crippen LogP contribution in [0.25, 0.3) is 0 Å². The van der Waals surface area contributed by atoms with Gasteiger partial charge < -0.3 is 10.2 Å². The van der Waals surface area contributed by atoms with Crippen LogP contribution in [-0.2, 0) is 10.0 Å². The van der Waals surface area contributed by atoms with Gasteiger partial charge in [-0.1, -0.05) is 27.7 Å². The van der Waals surface area contributed by atoms with E-state index in [0.717, 1.165) is 19.5 Å². The Labute approximate surface area is 153 Å². The van der Waals surface area contributed by atoms with E-state index in [2.05, 4.69) is 37.9 Å². The number of sulfonamides is 1. The van der Waals surface area contributed by atoms with E-state index in [1.54, 1.807) is 4.90 Å². The Morgan fingerprint density at radius 2 is 1.76 bits per heavy atom. The fourth-order valence-corrected chi connectivity index (χ4v) is 4.27. The molecular weight excluding hydrogens is 340 g/mol. The average molecular weight is 377 g/mol. The summed E-state index contributed by atoms with van der Waals surface area (Å²) in [6.07, 6.45) is 2.94. The summed E-state index contributed by atoms with van der Waals surface area (Å²) in [6, 6.07) is 0.245. The fourth-order valence-electron chi connectivity index (χ4n) is 3.39. The molecule has 1 unspecified atom stereocenters. The van der Waals surface area contributed by atoms with Gasteiger partial charge in [0.2, 0.25) is 10.0 Å².